The average molecular weight is 1060 g/mol. The van der Waals surface area contributed by atoms with Crippen LogP contribution in [-0.4, -0.2) is 145 Å². The molecule has 0 spiro atoms. The zero-order valence-corrected chi connectivity index (χ0v) is 41.8. The van der Waals surface area contributed by atoms with Crippen LogP contribution >= 0.6 is 0 Å². The third kappa shape index (κ3) is 21.9. The lowest BCUT2D eigenvalue weighted by Gasteiger charge is -2.19. The molecule has 0 bridgehead atoms. The fourth-order valence-electron chi connectivity index (χ4n) is 6.02. The Kier molecular flexibility index (Phi) is 26.6. The topological polar surface area (TPSA) is 289 Å². The van der Waals surface area contributed by atoms with E-state index in [0.29, 0.717) is 29.6 Å². The Morgan fingerprint density at radius 1 is 0.764 bits per heavy atom. The Morgan fingerprint density at radius 3 is 1.81 bits per heavy atom. The summed E-state index contributed by atoms with van der Waals surface area (Å²) in [6.45, 7) is 10.7. The molecule has 20 nitrogen and oxygen atoms in total. The summed E-state index contributed by atoms with van der Waals surface area (Å²) >= 11 is 0. The lowest BCUT2D eigenvalue weighted by Crippen LogP contribution is -2.32. The number of rotatable bonds is 23. The number of amides is 2. The Labute approximate surface area is 416 Å². The molecule has 1 aliphatic carbocycles. The lowest BCUT2D eigenvalue weighted by molar-refractivity contribution is -0.519. The van der Waals surface area contributed by atoms with Gasteiger partial charge in [-0.2, -0.15) is 34.9 Å². The van der Waals surface area contributed by atoms with E-state index in [4.69, 9.17) is 24.7 Å². The van der Waals surface area contributed by atoms with Gasteiger partial charge < -0.3 is 40.4 Å². The first-order valence-corrected chi connectivity index (χ1v) is 24.8. The number of benzene rings is 3. The number of phenols is 1. The molecule has 0 saturated heterocycles. The van der Waals surface area contributed by atoms with Gasteiger partial charge in [-0.3, -0.25) is 23.6 Å². The van der Waals surface area contributed by atoms with Gasteiger partial charge in [0.1, 0.15) is 40.1 Å². The van der Waals surface area contributed by atoms with E-state index in [-0.39, 0.29) is 62.3 Å². The van der Waals surface area contributed by atoms with Crippen LogP contribution in [0.2, 0.25) is 0 Å². The number of nitrogens with two attached hydrogens (primary N) is 1. The average Bonchev–Trinajstić information content (AvgIpc) is 3.32. The summed E-state index contributed by atoms with van der Waals surface area (Å²) in [5, 5.41) is 14.6. The highest BCUT2D eigenvalue weighted by Gasteiger charge is 2.42. The first kappa shape index (κ1) is 61.7. The number of carbonyl (C=O) groups is 3. The molecule has 3 aromatic carbocycles. The number of carbonyl (C=O) groups excluding carboxylic acids is 3. The van der Waals surface area contributed by atoms with Gasteiger partial charge in [-0.15, -0.1) is 0 Å². The van der Waals surface area contributed by atoms with Crippen LogP contribution in [0.5, 0.6) is 17.2 Å². The lowest BCUT2D eigenvalue weighted by atomic mass is 9.90. The molecule has 7 N–H and O–H groups in total. The molecule has 4 rings (SSSR count). The van der Waals surface area contributed by atoms with Crippen LogP contribution in [0.15, 0.2) is 106 Å². The van der Waals surface area contributed by atoms with Crippen molar-refractivity contribution >= 4 is 55.4 Å². The van der Waals surface area contributed by atoms with Gasteiger partial charge in [-0.25, -0.2) is 9.37 Å². The van der Waals surface area contributed by atoms with E-state index < -0.39 is 60.4 Å². The van der Waals surface area contributed by atoms with Gasteiger partial charge in [0.25, 0.3) is 26.1 Å². The highest BCUT2D eigenvalue weighted by Crippen LogP contribution is 2.39. The minimum atomic E-state index is -5.15. The highest BCUT2D eigenvalue weighted by atomic mass is 32.2. The second kappa shape index (κ2) is 31.1. The van der Waals surface area contributed by atoms with Crippen LogP contribution in [0.25, 0.3) is 11.6 Å². The maximum atomic E-state index is 12.9. The molecule has 396 valence electrons. The van der Waals surface area contributed by atoms with Gasteiger partial charge in [-0.1, -0.05) is 31.2 Å². The fraction of sp³-hybridized carbons (Fsp3) is 0.362. The number of hydrogen-bond acceptors (Lipinski definition) is 15. The normalized spacial score (nSPS) is 12.3. The van der Waals surface area contributed by atoms with E-state index in [2.05, 4.69) is 25.0 Å². The molecular weight excluding hydrogens is 998 g/mol. The van der Waals surface area contributed by atoms with Crippen molar-refractivity contribution in [3.63, 3.8) is 0 Å². The van der Waals surface area contributed by atoms with Crippen molar-refractivity contribution in [1.82, 2.24) is 10.6 Å². The first-order chi connectivity index (χ1) is 34.0. The number of nitrogens with one attached hydrogen (secondary N) is 2. The maximum Gasteiger partial charge on any atom is 0.494 e. The van der Waals surface area contributed by atoms with E-state index in [9.17, 15) is 58.6 Å². The Balaban J connectivity index is 0.00000132. The maximum absolute atomic E-state index is 12.9. The van der Waals surface area contributed by atoms with E-state index in [1.165, 1.54) is 18.2 Å². The minimum Gasteiger partial charge on any atom is -0.508 e. The second-order valence-corrected chi connectivity index (χ2v) is 17.1. The zero-order chi connectivity index (χ0) is 53.9. The smallest absolute Gasteiger partial charge is 0.494 e. The van der Waals surface area contributed by atoms with Gasteiger partial charge in [-0.05, 0) is 104 Å². The molecular formula is C47H60F3N4O16S2+. The van der Waals surface area contributed by atoms with Crippen molar-refractivity contribution in [3.05, 3.63) is 113 Å². The molecule has 0 heterocycles. The van der Waals surface area contributed by atoms with Crippen LogP contribution in [0.4, 0.5) is 13.2 Å². The summed E-state index contributed by atoms with van der Waals surface area (Å²) in [6.07, 6.45) is 5.21. The van der Waals surface area contributed by atoms with Gasteiger partial charge in [0.15, 0.2) is 12.3 Å². The molecule has 1 aliphatic rings. The van der Waals surface area contributed by atoms with E-state index in [1.807, 2.05) is 39.8 Å². The van der Waals surface area contributed by atoms with Crippen molar-refractivity contribution in [2.45, 2.75) is 43.7 Å². The van der Waals surface area contributed by atoms with E-state index in [1.54, 1.807) is 54.6 Å². The molecule has 0 saturated carbocycles. The molecule has 0 fully saturated rings. The molecule has 0 unspecified atom stereocenters. The standard InChI is InChI=1S/C42H49N3O13S2.C3H3F3O3.C2H7N/c1-4-45(5-2)33-14-10-31(11-15-33)42(32-12-18-35(19-13-32)57-6-3)36-27-37(39(60(52,53)54)28-38(36)59(49,50)51)58-29-41(48)44-22-24-56-26-25-55-23-21-43-40(47)20-9-30-7-16-34(46)17-8-30;1-8-9-2(7)3(4,5)6;1-2-3/h7-20,27-28H,4-6,21-26,29H2,1-3H3,(H4-,43,44,46,47,48,49,50,51,52,53,54);1H3;2-3H2,1H3/p+1. The number of halogens is 3. The van der Waals surface area contributed by atoms with Gasteiger partial charge in [0.2, 0.25) is 5.91 Å². The van der Waals surface area contributed by atoms with Crippen LogP contribution in [-0.2, 0) is 53.9 Å². The summed E-state index contributed by atoms with van der Waals surface area (Å²) in [5.41, 5.74) is 7.56. The number of allylic oxidation sites excluding steroid dienone is 5. The quantitative estimate of drug-likeness (QED) is 0.0188. The number of nitrogens with zero attached hydrogens (tertiary/aromatic N) is 1. The van der Waals surface area contributed by atoms with Crippen molar-refractivity contribution in [3.8, 4) is 17.2 Å². The van der Waals surface area contributed by atoms with E-state index >= 15 is 0 Å². The zero-order valence-electron chi connectivity index (χ0n) is 40.1. The molecule has 3 aromatic rings. The summed E-state index contributed by atoms with van der Waals surface area (Å²) in [6, 6.07) is 14.7. The number of phenolic OH excluding ortho intramolecular Hbond substituents is 1. The predicted molar refractivity (Wildman–Crippen MR) is 259 cm³/mol. The largest absolute Gasteiger partial charge is 0.508 e. The van der Waals surface area contributed by atoms with Gasteiger partial charge in [0, 0.05) is 36.9 Å². The third-order valence-corrected chi connectivity index (χ3v) is 10.9. The molecule has 0 aliphatic heterocycles. The second-order valence-electron chi connectivity index (χ2n) is 14.3. The van der Waals surface area contributed by atoms with Crippen LogP contribution in [0.3, 0.4) is 0 Å². The third-order valence-electron chi connectivity index (χ3n) is 9.17. The van der Waals surface area contributed by atoms with Crippen molar-refractivity contribution < 1.29 is 91.9 Å². The molecule has 0 radical (unpaired) electrons. The molecule has 2 amide bonds. The highest BCUT2D eigenvalue weighted by molar-refractivity contribution is 7.86. The van der Waals surface area contributed by atoms with Crippen molar-refractivity contribution in [2.24, 2.45) is 5.73 Å². The predicted octanol–water partition coefficient (Wildman–Crippen LogP) is 4.68. The molecule has 25 heteroatoms. The first-order valence-electron chi connectivity index (χ1n) is 21.9. The SMILES string of the molecule is CCN.CCOc1ccc(C(=C2C=CC(=[N+](CC)CC)C=C2)c2cc(OCC(=O)NCCOCCOCCNC(=O)/C=C/c3ccc(O)cc3)c(S(=O)(=O)O)cc2S(=O)(=O)O)cc1.COOC(=O)C(F)(F)F. The van der Waals surface area contributed by atoms with Crippen molar-refractivity contribution in [2.75, 3.05) is 79.5 Å². The van der Waals surface area contributed by atoms with Gasteiger partial charge >= 0.3 is 12.1 Å². The molecule has 0 aromatic heterocycles. The van der Waals surface area contributed by atoms with Crippen LogP contribution < -0.4 is 25.8 Å². The summed E-state index contributed by atoms with van der Waals surface area (Å²) in [4.78, 5) is 39.1. The number of ether oxygens (including phenoxy) is 4. The summed E-state index contributed by atoms with van der Waals surface area (Å²) in [7, 11) is -9.47. The Bertz CT molecular complexity index is 2610. The van der Waals surface area contributed by atoms with Crippen molar-refractivity contribution in [1.29, 1.82) is 0 Å². The number of hydrogen-bond donors (Lipinski definition) is 6. The summed E-state index contributed by atoms with van der Waals surface area (Å²) in [5.74, 6) is -3.23. The Morgan fingerprint density at radius 2 is 1.32 bits per heavy atom. The number of aromatic hydroxyl groups is 1. The van der Waals surface area contributed by atoms with Gasteiger partial charge in [0.05, 0.1) is 40.1 Å². The van der Waals surface area contributed by atoms with Crippen LogP contribution in [0.1, 0.15) is 44.4 Å². The number of alkyl halides is 3. The minimum absolute atomic E-state index is 0.0445. The monoisotopic (exact) mass is 1060 g/mol. The molecule has 72 heavy (non-hydrogen) atoms. The summed E-state index contributed by atoms with van der Waals surface area (Å²) < 4.78 is 129. The fourth-order valence-corrected chi connectivity index (χ4v) is 7.44. The molecule has 0 atom stereocenters. The Hall–Kier alpha value is -6.45. The van der Waals surface area contributed by atoms with Crippen LogP contribution in [0, 0.1) is 0 Å². The van der Waals surface area contributed by atoms with E-state index in [0.717, 1.165) is 44.1 Å².